The van der Waals surface area contributed by atoms with Crippen molar-refractivity contribution < 1.29 is 58.2 Å². The van der Waals surface area contributed by atoms with Gasteiger partial charge in [-0.2, -0.15) is 0 Å². The van der Waals surface area contributed by atoms with Crippen LogP contribution in [0.15, 0.2) is 72.9 Å². The van der Waals surface area contributed by atoms with Crippen LogP contribution in [0.4, 0.5) is 0 Å². The second-order valence-corrected chi connectivity index (χ2v) is 23.8. The van der Waals surface area contributed by atoms with Crippen molar-refractivity contribution >= 4 is 23.9 Å². The van der Waals surface area contributed by atoms with Gasteiger partial charge in [0.2, 0.25) is 0 Å². The number of rotatable bonds is 60. The van der Waals surface area contributed by atoms with Gasteiger partial charge in [-0.05, 0) is 109 Å². The number of aliphatic hydroxyl groups is 2. The van der Waals surface area contributed by atoms with E-state index in [0.717, 1.165) is 116 Å². The number of aliphatic hydroxyl groups excluding tert-OH is 2. The minimum Gasteiger partial charge on any atom is -0.479 e. The van der Waals surface area contributed by atoms with E-state index in [0.29, 0.717) is 19.3 Å². The van der Waals surface area contributed by atoms with Crippen molar-refractivity contribution in [3.8, 4) is 0 Å². The molecule has 0 spiro atoms. The predicted molar refractivity (Wildman–Crippen MR) is 349 cm³/mol. The molecule has 1 aliphatic heterocycles. The number of carboxylic acid groups (broad SMARTS) is 1. The molecule has 6 unspecified atom stereocenters. The van der Waals surface area contributed by atoms with E-state index in [1.807, 2.05) is 0 Å². The Kier molecular flexibility index (Phi) is 56.3. The summed E-state index contributed by atoms with van der Waals surface area (Å²) >= 11 is 0. The largest absolute Gasteiger partial charge is 0.479 e. The van der Waals surface area contributed by atoms with E-state index < -0.39 is 67.3 Å². The second-order valence-electron chi connectivity index (χ2n) is 23.8. The van der Waals surface area contributed by atoms with E-state index >= 15 is 0 Å². The van der Waals surface area contributed by atoms with Crippen molar-refractivity contribution in [2.45, 2.75) is 353 Å². The van der Waals surface area contributed by atoms with Crippen LogP contribution in [0, 0.1) is 0 Å². The molecular weight excluding hydrogens is 1070 g/mol. The molecule has 12 nitrogen and oxygen atoms in total. The van der Waals surface area contributed by atoms with Crippen LogP contribution in [0.2, 0.25) is 0 Å². The van der Waals surface area contributed by atoms with E-state index in [1.165, 1.54) is 141 Å². The number of hydrogen-bond donors (Lipinski definition) is 3. The highest BCUT2D eigenvalue weighted by Crippen LogP contribution is 2.27. The maximum atomic E-state index is 13.2. The summed E-state index contributed by atoms with van der Waals surface area (Å²) in [5, 5.41) is 31.7. The third-order valence-electron chi connectivity index (χ3n) is 15.7. The number of ether oxygens (including phenoxy) is 5. The third kappa shape index (κ3) is 49.8. The minimum atomic E-state index is -1.91. The predicted octanol–water partition coefficient (Wildman–Crippen LogP) is 19.2. The van der Waals surface area contributed by atoms with Gasteiger partial charge in [-0.25, -0.2) is 4.79 Å². The van der Waals surface area contributed by atoms with Gasteiger partial charge in [0.05, 0.1) is 6.61 Å². The summed E-state index contributed by atoms with van der Waals surface area (Å²) in [6, 6.07) is 0. The number of allylic oxidation sites excluding steroid dienone is 12. The zero-order chi connectivity index (χ0) is 61.7. The van der Waals surface area contributed by atoms with Gasteiger partial charge in [0.1, 0.15) is 18.8 Å². The molecular formula is C73H126O12. The molecule has 1 fully saturated rings. The lowest BCUT2D eigenvalue weighted by Gasteiger charge is -2.40. The molecule has 0 radical (unpaired) electrons. The molecule has 0 amide bonds. The van der Waals surface area contributed by atoms with Crippen LogP contribution in [-0.2, 0) is 42.9 Å². The molecule has 0 saturated carbocycles. The van der Waals surface area contributed by atoms with Gasteiger partial charge in [-0.1, -0.05) is 261 Å². The molecule has 0 aromatic rings. The highest BCUT2D eigenvalue weighted by Gasteiger charge is 2.50. The van der Waals surface area contributed by atoms with Gasteiger partial charge in [-0.15, -0.1) is 0 Å². The monoisotopic (exact) mass is 1190 g/mol. The Hall–Kier alpha value is -3.84. The van der Waals surface area contributed by atoms with Crippen LogP contribution in [0.5, 0.6) is 0 Å². The maximum Gasteiger partial charge on any atom is 0.335 e. The fraction of sp³-hybridized carbons (Fsp3) is 0.781. The van der Waals surface area contributed by atoms with Crippen molar-refractivity contribution in [2.24, 2.45) is 0 Å². The second kappa shape index (κ2) is 60.4. The summed E-state index contributed by atoms with van der Waals surface area (Å²) in [7, 11) is 0. The molecule has 1 saturated heterocycles. The fourth-order valence-corrected chi connectivity index (χ4v) is 10.4. The van der Waals surface area contributed by atoms with Crippen molar-refractivity contribution in [1.82, 2.24) is 0 Å². The normalized spacial score (nSPS) is 17.9. The number of carbonyl (C=O) groups excluding carboxylic acids is 3. The van der Waals surface area contributed by atoms with Crippen LogP contribution in [0.25, 0.3) is 0 Å². The van der Waals surface area contributed by atoms with E-state index in [4.69, 9.17) is 23.7 Å². The van der Waals surface area contributed by atoms with Gasteiger partial charge in [0.15, 0.2) is 24.6 Å². The number of unbranched alkanes of at least 4 members (excludes halogenated alkanes) is 34. The van der Waals surface area contributed by atoms with Crippen molar-refractivity contribution in [2.75, 3.05) is 13.2 Å². The molecule has 12 heteroatoms. The van der Waals surface area contributed by atoms with Crippen molar-refractivity contribution in [3.05, 3.63) is 72.9 Å². The Morgan fingerprint density at radius 1 is 0.400 bits per heavy atom. The summed E-state index contributed by atoms with van der Waals surface area (Å²) in [4.78, 5) is 51.5. The Morgan fingerprint density at radius 3 is 1.14 bits per heavy atom. The van der Waals surface area contributed by atoms with E-state index in [-0.39, 0.29) is 25.9 Å². The molecule has 1 rings (SSSR count). The molecule has 1 heterocycles. The number of aliphatic carboxylic acids is 1. The Labute approximate surface area is 518 Å². The molecule has 0 aromatic carbocycles. The maximum absolute atomic E-state index is 13.2. The summed E-state index contributed by atoms with van der Waals surface area (Å²) in [6.07, 6.45) is 65.6. The molecule has 0 aliphatic carbocycles. The molecule has 490 valence electrons. The van der Waals surface area contributed by atoms with Crippen molar-refractivity contribution in [1.29, 1.82) is 0 Å². The topological polar surface area (TPSA) is 175 Å². The SMILES string of the molecule is CC/C=C\C/C=C\C/C=C\C/C=C\CCCCCCCCC(=O)OC1C(OCC(COC(=O)CCCCCCCCCCC/C=C\CCCCCCCC)OC(=O)CCCCCCCCC/C=C\CCCCCCCC)OC(C(=O)O)C(O)C1O. The molecule has 3 N–H and O–H groups in total. The lowest BCUT2D eigenvalue weighted by molar-refractivity contribution is -0.301. The summed E-state index contributed by atoms with van der Waals surface area (Å²) < 4.78 is 28.6. The summed E-state index contributed by atoms with van der Waals surface area (Å²) in [5.41, 5.74) is 0. The van der Waals surface area contributed by atoms with Gasteiger partial charge in [0, 0.05) is 19.3 Å². The molecule has 1 aliphatic rings. The number of esters is 3. The van der Waals surface area contributed by atoms with Gasteiger partial charge < -0.3 is 39.0 Å². The van der Waals surface area contributed by atoms with Crippen LogP contribution in [0.3, 0.4) is 0 Å². The first-order chi connectivity index (χ1) is 41.6. The lowest BCUT2D eigenvalue weighted by atomic mass is 9.98. The molecule has 85 heavy (non-hydrogen) atoms. The fourth-order valence-electron chi connectivity index (χ4n) is 10.4. The van der Waals surface area contributed by atoms with Crippen LogP contribution in [0.1, 0.15) is 316 Å². The Balaban J connectivity index is 2.64. The molecule has 6 atom stereocenters. The first-order valence-electron chi connectivity index (χ1n) is 34.9. The van der Waals surface area contributed by atoms with E-state index in [1.54, 1.807) is 0 Å². The highest BCUT2D eigenvalue weighted by atomic mass is 16.7. The van der Waals surface area contributed by atoms with Crippen molar-refractivity contribution in [3.63, 3.8) is 0 Å². The van der Waals surface area contributed by atoms with Crippen LogP contribution < -0.4 is 0 Å². The average Bonchev–Trinajstić information content (AvgIpc) is 2.79. The zero-order valence-corrected chi connectivity index (χ0v) is 54.3. The Bertz CT molecular complexity index is 1750. The standard InChI is InChI=1S/C73H126O12/c1-4-7-10-13-16-19-22-25-28-31-33-36-38-41-44-47-50-53-56-59-65(74)81-62-64(83-66(75)60-57-54-51-48-45-42-39-35-30-27-24-21-18-15-12-9-6-3)63-82-73-71(69(78)68(77)70(85-73)72(79)80)84-67(76)61-58-55-52-49-46-43-40-37-34-32-29-26-23-20-17-14-11-8-5-2/h8,11,17,20,25-30,34,37,64,68-71,73,77-78H,4-7,9-10,12-16,18-19,21-24,31-33,35-36,38-63H2,1-3H3,(H,79,80)/b11-8-,20-17-,28-25-,29-26-,30-27-,37-34-. The average molecular weight is 1200 g/mol. The van der Waals surface area contributed by atoms with Gasteiger partial charge >= 0.3 is 23.9 Å². The van der Waals surface area contributed by atoms with E-state index in [9.17, 15) is 34.5 Å². The third-order valence-corrected chi connectivity index (χ3v) is 15.7. The Morgan fingerprint density at radius 2 is 0.741 bits per heavy atom. The quantitative estimate of drug-likeness (QED) is 0.0228. The summed E-state index contributed by atoms with van der Waals surface area (Å²) in [5.74, 6) is -3.12. The smallest absolute Gasteiger partial charge is 0.335 e. The first-order valence-corrected chi connectivity index (χ1v) is 34.9. The molecule has 0 aromatic heterocycles. The van der Waals surface area contributed by atoms with Crippen LogP contribution in [-0.4, -0.2) is 89.2 Å². The van der Waals surface area contributed by atoms with Gasteiger partial charge in [0.25, 0.3) is 0 Å². The van der Waals surface area contributed by atoms with E-state index in [2.05, 4.69) is 93.7 Å². The number of carboxylic acids is 1. The van der Waals surface area contributed by atoms with Crippen LogP contribution >= 0.6 is 0 Å². The lowest BCUT2D eigenvalue weighted by Crippen LogP contribution is -2.61. The number of hydrogen-bond acceptors (Lipinski definition) is 11. The molecule has 0 bridgehead atoms. The summed E-state index contributed by atoms with van der Waals surface area (Å²) in [6.45, 7) is 5.91. The van der Waals surface area contributed by atoms with Gasteiger partial charge in [-0.3, -0.25) is 14.4 Å². The minimum absolute atomic E-state index is 0.0429. The first kappa shape index (κ1) is 79.2. The number of carbonyl (C=O) groups is 4. The zero-order valence-electron chi connectivity index (χ0n) is 54.3. The highest BCUT2D eigenvalue weighted by molar-refractivity contribution is 5.74.